The van der Waals surface area contributed by atoms with Gasteiger partial charge in [0.1, 0.15) is 5.82 Å². The van der Waals surface area contributed by atoms with Crippen molar-refractivity contribution in [3.63, 3.8) is 0 Å². The number of aryl methyl sites for hydroxylation is 2. The fourth-order valence-electron chi connectivity index (χ4n) is 1.69. The quantitative estimate of drug-likeness (QED) is 0.774. The number of nitrogens with zero attached hydrogens (tertiary/aromatic N) is 2. The van der Waals surface area contributed by atoms with Crippen molar-refractivity contribution in [2.45, 2.75) is 39.2 Å². The van der Waals surface area contributed by atoms with Crippen LogP contribution in [0.1, 0.15) is 31.9 Å². The zero-order chi connectivity index (χ0) is 12.0. The van der Waals surface area contributed by atoms with Crippen molar-refractivity contribution in [3.8, 4) is 0 Å². The van der Waals surface area contributed by atoms with Gasteiger partial charge in [0.15, 0.2) is 0 Å². The summed E-state index contributed by atoms with van der Waals surface area (Å²) in [5.74, 6) is 0.943. The highest BCUT2D eigenvalue weighted by molar-refractivity contribution is 5.36. The Kier molecular flexibility index (Phi) is 5.32. The SMILES string of the molecule is CCCCC(COC)Nc1cc(C)n(C)n1. The lowest BCUT2D eigenvalue weighted by atomic mass is 10.1. The second-order valence-corrected chi connectivity index (χ2v) is 4.23. The lowest BCUT2D eigenvalue weighted by molar-refractivity contribution is 0.182. The Morgan fingerprint density at radius 2 is 2.31 bits per heavy atom. The van der Waals surface area contributed by atoms with Crippen molar-refractivity contribution in [3.05, 3.63) is 11.8 Å². The summed E-state index contributed by atoms with van der Waals surface area (Å²) in [5.41, 5.74) is 1.16. The van der Waals surface area contributed by atoms with Crippen LogP contribution in [0.15, 0.2) is 6.07 Å². The normalized spacial score (nSPS) is 12.8. The molecule has 4 nitrogen and oxygen atoms in total. The zero-order valence-corrected chi connectivity index (χ0v) is 10.8. The van der Waals surface area contributed by atoms with Crippen molar-refractivity contribution in [1.29, 1.82) is 0 Å². The molecule has 0 aliphatic carbocycles. The number of anilines is 1. The number of hydrogen-bond acceptors (Lipinski definition) is 3. The van der Waals surface area contributed by atoms with E-state index in [1.54, 1.807) is 7.11 Å². The van der Waals surface area contributed by atoms with Crippen molar-refractivity contribution in [1.82, 2.24) is 9.78 Å². The van der Waals surface area contributed by atoms with Crippen molar-refractivity contribution < 1.29 is 4.74 Å². The minimum Gasteiger partial charge on any atom is -0.383 e. The van der Waals surface area contributed by atoms with Crippen LogP contribution in [-0.2, 0) is 11.8 Å². The van der Waals surface area contributed by atoms with Crippen molar-refractivity contribution in [2.75, 3.05) is 19.0 Å². The van der Waals surface area contributed by atoms with Gasteiger partial charge in [-0.15, -0.1) is 0 Å². The maximum atomic E-state index is 5.21. The second-order valence-electron chi connectivity index (χ2n) is 4.23. The summed E-state index contributed by atoms with van der Waals surface area (Å²) in [5, 5.41) is 7.81. The summed E-state index contributed by atoms with van der Waals surface area (Å²) in [7, 11) is 3.70. The molecule has 1 heterocycles. The molecule has 0 saturated heterocycles. The maximum absolute atomic E-state index is 5.21. The van der Waals surface area contributed by atoms with Crippen LogP contribution in [0.3, 0.4) is 0 Å². The fraction of sp³-hybridized carbons (Fsp3) is 0.750. The number of hydrogen-bond donors (Lipinski definition) is 1. The fourth-order valence-corrected chi connectivity index (χ4v) is 1.69. The van der Waals surface area contributed by atoms with Gasteiger partial charge in [0.05, 0.1) is 12.6 Å². The number of unbranched alkanes of at least 4 members (excludes halogenated alkanes) is 1. The van der Waals surface area contributed by atoms with Crippen molar-refractivity contribution in [2.24, 2.45) is 7.05 Å². The first-order valence-corrected chi connectivity index (χ1v) is 5.93. The molecule has 16 heavy (non-hydrogen) atoms. The largest absolute Gasteiger partial charge is 0.383 e. The van der Waals surface area contributed by atoms with E-state index in [1.807, 2.05) is 11.7 Å². The molecule has 0 fully saturated rings. The number of nitrogens with one attached hydrogen (secondary N) is 1. The van der Waals surface area contributed by atoms with Gasteiger partial charge in [-0.3, -0.25) is 4.68 Å². The average Bonchev–Trinajstić information content (AvgIpc) is 2.55. The van der Waals surface area contributed by atoms with Gasteiger partial charge in [-0.1, -0.05) is 19.8 Å². The molecular weight excluding hydrogens is 202 g/mol. The molecule has 1 aromatic rings. The van der Waals surface area contributed by atoms with Gasteiger partial charge >= 0.3 is 0 Å². The van der Waals surface area contributed by atoms with E-state index in [0.717, 1.165) is 24.5 Å². The molecule has 0 aromatic carbocycles. The Hall–Kier alpha value is -1.03. The Morgan fingerprint density at radius 1 is 1.56 bits per heavy atom. The highest BCUT2D eigenvalue weighted by Gasteiger charge is 2.09. The predicted molar refractivity (Wildman–Crippen MR) is 66.8 cm³/mol. The number of rotatable bonds is 7. The minimum atomic E-state index is 0.360. The summed E-state index contributed by atoms with van der Waals surface area (Å²) in [6.45, 7) is 4.99. The van der Waals surface area contributed by atoms with Gasteiger partial charge in [-0.2, -0.15) is 5.10 Å². The van der Waals surface area contributed by atoms with Gasteiger partial charge in [0.2, 0.25) is 0 Å². The average molecular weight is 225 g/mol. The topological polar surface area (TPSA) is 39.1 Å². The lowest BCUT2D eigenvalue weighted by Crippen LogP contribution is -2.25. The Balaban J connectivity index is 2.52. The lowest BCUT2D eigenvalue weighted by Gasteiger charge is -2.16. The van der Waals surface area contributed by atoms with Crippen molar-refractivity contribution >= 4 is 5.82 Å². The summed E-state index contributed by atoms with van der Waals surface area (Å²) in [6.07, 6.45) is 3.55. The highest BCUT2D eigenvalue weighted by Crippen LogP contribution is 2.11. The van der Waals surface area contributed by atoms with E-state index < -0.39 is 0 Å². The molecule has 0 aliphatic rings. The monoisotopic (exact) mass is 225 g/mol. The van der Waals surface area contributed by atoms with E-state index >= 15 is 0 Å². The van der Waals surface area contributed by atoms with E-state index in [2.05, 4.69) is 30.3 Å². The van der Waals surface area contributed by atoms with Gasteiger partial charge in [-0.25, -0.2) is 0 Å². The second kappa shape index (κ2) is 6.53. The molecule has 1 rings (SSSR count). The molecule has 1 unspecified atom stereocenters. The summed E-state index contributed by atoms with van der Waals surface area (Å²) >= 11 is 0. The highest BCUT2D eigenvalue weighted by atomic mass is 16.5. The molecule has 0 bridgehead atoms. The number of ether oxygens (including phenoxy) is 1. The molecule has 0 spiro atoms. The first-order chi connectivity index (χ1) is 7.67. The zero-order valence-electron chi connectivity index (χ0n) is 10.8. The van der Waals surface area contributed by atoms with Crippen LogP contribution in [0, 0.1) is 6.92 Å². The Morgan fingerprint density at radius 3 is 2.81 bits per heavy atom. The smallest absolute Gasteiger partial charge is 0.148 e. The molecule has 92 valence electrons. The van der Waals surface area contributed by atoms with Gasteiger partial charge in [0.25, 0.3) is 0 Å². The number of methoxy groups -OCH3 is 1. The first-order valence-electron chi connectivity index (χ1n) is 5.93. The number of aromatic nitrogens is 2. The third-order valence-corrected chi connectivity index (χ3v) is 2.74. The van der Waals surface area contributed by atoms with E-state index in [0.29, 0.717) is 6.04 Å². The van der Waals surface area contributed by atoms with Crippen LogP contribution in [0.2, 0.25) is 0 Å². The van der Waals surface area contributed by atoms with E-state index in [-0.39, 0.29) is 0 Å². The molecule has 0 radical (unpaired) electrons. The molecular formula is C12H23N3O. The van der Waals surface area contributed by atoms with Gasteiger partial charge in [-0.05, 0) is 13.3 Å². The van der Waals surface area contributed by atoms with E-state index in [9.17, 15) is 0 Å². The summed E-state index contributed by atoms with van der Waals surface area (Å²) in [6, 6.07) is 2.42. The maximum Gasteiger partial charge on any atom is 0.148 e. The standard InChI is InChI=1S/C12H23N3O/c1-5-6-7-11(9-16-4)13-12-8-10(2)15(3)14-12/h8,11H,5-7,9H2,1-4H3,(H,13,14). The van der Waals surface area contributed by atoms with Gasteiger partial charge < -0.3 is 10.1 Å². The molecule has 0 saturated carbocycles. The van der Waals surface area contributed by atoms with E-state index in [4.69, 9.17) is 4.74 Å². The molecule has 4 heteroatoms. The van der Waals surface area contributed by atoms with Crippen LogP contribution >= 0.6 is 0 Å². The predicted octanol–water partition coefficient (Wildman–Crippen LogP) is 2.35. The minimum absolute atomic E-state index is 0.360. The van der Waals surface area contributed by atoms with Crippen LogP contribution in [0.4, 0.5) is 5.82 Å². The van der Waals surface area contributed by atoms with Gasteiger partial charge in [0, 0.05) is 25.9 Å². The molecule has 0 aliphatic heterocycles. The van der Waals surface area contributed by atoms with E-state index in [1.165, 1.54) is 12.8 Å². The summed E-state index contributed by atoms with van der Waals surface area (Å²) in [4.78, 5) is 0. The summed E-state index contributed by atoms with van der Waals surface area (Å²) < 4.78 is 7.09. The van der Waals surface area contributed by atoms with Crippen LogP contribution in [0.25, 0.3) is 0 Å². The third kappa shape index (κ3) is 3.85. The van der Waals surface area contributed by atoms with Crippen LogP contribution < -0.4 is 5.32 Å². The molecule has 0 amide bonds. The Bertz CT molecular complexity index is 290. The molecule has 1 aromatic heterocycles. The Labute approximate surface area is 98.0 Å². The molecule has 1 N–H and O–H groups in total. The first kappa shape index (κ1) is 13.0. The molecule has 1 atom stereocenters. The van der Waals surface area contributed by atoms with Crippen LogP contribution in [-0.4, -0.2) is 29.5 Å². The van der Waals surface area contributed by atoms with Crippen LogP contribution in [0.5, 0.6) is 0 Å². The third-order valence-electron chi connectivity index (χ3n) is 2.74.